The second kappa shape index (κ2) is 7.95. The molecule has 1 amide bonds. The van der Waals surface area contributed by atoms with Crippen molar-refractivity contribution in [3.8, 4) is 0 Å². The van der Waals surface area contributed by atoms with Gasteiger partial charge in [0.15, 0.2) is 5.82 Å². The summed E-state index contributed by atoms with van der Waals surface area (Å²) in [5, 5.41) is 6.94. The van der Waals surface area contributed by atoms with Crippen LogP contribution in [0.15, 0.2) is 47.1 Å². The average Bonchev–Trinajstić information content (AvgIpc) is 3.15. The van der Waals surface area contributed by atoms with Crippen LogP contribution in [0.25, 0.3) is 0 Å². The molecule has 1 saturated heterocycles. The number of nitrogens with one attached hydrogen (secondary N) is 1. The van der Waals surface area contributed by atoms with E-state index in [1.807, 2.05) is 11.8 Å². The Morgan fingerprint density at radius 1 is 1.03 bits per heavy atom. The van der Waals surface area contributed by atoms with E-state index in [0.717, 1.165) is 18.8 Å². The van der Waals surface area contributed by atoms with Gasteiger partial charge >= 0.3 is 0 Å². The number of benzene rings is 1. The number of amides is 1. The Bertz CT molecular complexity index is 1000. The van der Waals surface area contributed by atoms with E-state index in [4.69, 9.17) is 4.52 Å². The molecule has 1 N–H and O–H groups in total. The quantitative estimate of drug-likeness (QED) is 0.731. The topological polar surface area (TPSA) is 74.5 Å². The van der Waals surface area contributed by atoms with Gasteiger partial charge in [-0.1, -0.05) is 17.3 Å². The summed E-state index contributed by atoms with van der Waals surface area (Å²) in [6, 6.07) is 11.7. The zero-order valence-electron chi connectivity index (χ0n) is 17.0. The molecule has 0 unspecified atom stereocenters. The Balaban J connectivity index is 1.37. The van der Waals surface area contributed by atoms with Crippen LogP contribution in [0.2, 0.25) is 0 Å². The molecule has 3 heterocycles. The zero-order valence-corrected chi connectivity index (χ0v) is 17.0. The molecule has 1 aliphatic rings. The van der Waals surface area contributed by atoms with E-state index in [9.17, 15) is 4.79 Å². The van der Waals surface area contributed by atoms with E-state index in [1.165, 1.54) is 16.8 Å². The van der Waals surface area contributed by atoms with Gasteiger partial charge < -0.3 is 19.6 Å². The van der Waals surface area contributed by atoms with Crippen molar-refractivity contribution in [2.75, 3.05) is 36.4 Å². The number of carbonyl (C=O) groups excluding carboxylic acids is 1. The number of piperazine rings is 1. The molecule has 2 aromatic heterocycles. The lowest BCUT2D eigenvalue weighted by Crippen LogP contribution is -2.49. The number of hydrogen-bond donors (Lipinski definition) is 1. The van der Waals surface area contributed by atoms with Gasteiger partial charge in [-0.2, -0.15) is 0 Å². The first-order chi connectivity index (χ1) is 14.0. The predicted molar refractivity (Wildman–Crippen MR) is 113 cm³/mol. The van der Waals surface area contributed by atoms with Crippen molar-refractivity contribution in [3.05, 3.63) is 65.0 Å². The summed E-state index contributed by atoms with van der Waals surface area (Å²) in [6.07, 6.45) is 1.61. The first-order valence-electron chi connectivity index (χ1n) is 9.78. The lowest BCUT2D eigenvalue weighted by Gasteiger charge is -2.37. The van der Waals surface area contributed by atoms with Crippen molar-refractivity contribution in [2.24, 2.45) is 0 Å². The van der Waals surface area contributed by atoms with Crippen LogP contribution in [0.1, 0.15) is 27.2 Å². The summed E-state index contributed by atoms with van der Waals surface area (Å²) in [5.74, 6) is 1.95. The highest BCUT2D eigenvalue weighted by Gasteiger charge is 2.23. The van der Waals surface area contributed by atoms with Crippen LogP contribution in [0.5, 0.6) is 0 Å². The van der Waals surface area contributed by atoms with Crippen molar-refractivity contribution >= 4 is 23.2 Å². The molecule has 0 bridgehead atoms. The molecule has 7 nitrogen and oxygen atoms in total. The third-order valence-electron chi connectivity index (χ3n) is 5.38. The van der Waals surface area contributed by atoms with Gasteiger partial charge in [-0.05, 0) is 50.1 Å². The minimum atomic E-state index is 0.0157. The average molecular weight is 391 g/mol. The van der Waals surface area contributed by atoms with Gasteiger partial charge in [0.2, 0.25) is 0 Å². The highest BCUT2D eigenvalue weighted by Crippen LogP contribution is 2.24. The molecule has 0 spiro atoms. The van der Waals surface area contributed by atoms with Gasteiger partial charge in [-0.15, -0.1) is 0 Å². The van der Waals surface area contributed by atoms with Crippen molar-refractivity contribution in [1.29, 1.82) is 0 Å². The molecular weight excluding hydrogens is 366 g/mol. The first-order valence-corrected chi connectivity index (χ1v) is 9.78. The van der Waals surface area contributed by atoms with Gasteiger partial charge in [0.05, 0.1) is 5.56 Å². The second-order valence-corrected chi connectivity index (χ2v) is 7.38. The van der Waals surface area contributed by atoms with Gasteiger partial charge in [0.25, 0.3) is 5.91 Å². The number of anilines is 3. The van der Waals surface area contributed by atoms with Crippen molar-refractivity contribution in [3.63, 3.8) is 0 Å². The summed E-state index contributed by atoms with van der Waals surface area (Å²) in [6.45, 7) is 9.17. The molecule has 1 aliphatic heterocycles. The number of rotatable bonds is 4. The van der Waals surface area contributed by atoms with Crippen LogP contribution in [-0.2, 0) is 0 Å². The van der Waals surface area contributed by atoms with Crippen LogP contribution < -0.4 is 10.2 Å². The Labute approximate surface area is 170 Å². The molecule has 29 heavy (non-hydrogen) atoms. The lowest BCUT2D eigenvalue weighted by molar-refractivity contribution is 0.0746. The minimum absolute atomic E-state index is 0.0157. The fourth-order valence-electron chi connectivity index (χ4n) is 3.56. The molecule has 1 aromatic carbocycles. The van der Waals surface area contributed by atoms with Gasteiger partial charge in [0.1, 0.15) is 11.6 Å². The number of hydrogen-bond acceptors (Lipinski definition) is 6. The van der Waals surface area contributed by atoms with E-state index in [-0.39, 0.29) is 5.91 Å². The number of aromatic nitrogens is 2. The Hall–Kier alpha value is -3.35. The summed E-state index contributed by atoms with van der Waals surface area (Å²) >= 11 is 0. The zero-order chi connectivity index (χ0) is 20.4. The minimum Gasteiger partial charge on any atom is -0.368 e. The van der Waals surface area contributed by atoms with Crippen molar-refractivity contribution in [2.45, 2.75) is 20.8 Å². The highest BCUT2D eigenvalue weighted by molar-refractivity contribution is 5.94. The molecule has 0 radical (unpaired) electrons. The van der Waals surface area contributed by atoms with E-state index < -0.39 is 0 Å². The summed E-state index contributed by atoms with van der Waals surface area (Å²) in [5.41, 5.74) is 4.45. The lowest BCUT2D eigenvalue weighted by atomic mass is 10.1. The maximum atomic E-state index is 12.9. The summed E-state index contributed by atoms with van der Waals surface area (Å²) in [7, 11) is 0. The summed E-state index contributed by atoms with van der Waals surface area (Å²) < 4.78 is 5.03. The maximum Gasteiger partial charge on any atom is 0.255 e. The molecule has 7 heteroatoms. The standard InChI is InChI=1S/C22H25N5O2/c1-15-5-4-6-19(17(15)3)26-9-11-27(12-10-26)22(28)18-7-8-20(23-14-18)24-21-13-16(2)29-25-21/h4-8,13-14H,9-12H2,1-3H3,(H,23,24,25). The van der Waals surface area contributed by atoms with Crippen LogP contribution in [0.4, 0.5) is 17.3 Å². The highest BCUT2D eigenvalue weighted by atomic mass is 16.5. The molecule has 0 aliphatic carbocycles. The van der Waals surface area contributed by atoms with Gasteiger partial charge in [-0.25, -0.2) is 4.98 Å². The third kappa shape index (κ3) is 4.08. The van der Waals surface area contributed by atoms with E-state index in [0.29, 0.717) is 30.3 Å². The van der Waals surface area contributed by atoms with Crippen LogP contribution >= 0.6 is 0 Å². The van der Waals surface area contributed by atoms with Crippen molar-refractivity contribution in [1.82, 2.24) is 15.0 Å². The van der Waals surface area contributed by atoms with Gasteiger partial charge in [-0.3, -0.25) is 4.79 Å². The molecule has 1 fully saturated rings. The molecule has 0 saturated carbocycles. The second-order valence-electron chi connectivity index (χ2n) is 7.38. The number of nitrogens with zero attached hydrogens (tertiary/aromatic N) is 4. The van der Waals surface area contributed by atoms with Crippen LogP contribution in [0.3, 0.4) is 0 Å². The molecule has 3 aromatic rings. The van der Waals surface area contributed by atoms with E-state index >= 15 is 0 Å². The number of aryl methyl sites for hydroxylation is 2. The molecule has 4 rings (SSSR count). The molecule has 150 valence electrons. The number of carbonyl (C=O) groups is 1. The Morgan fingerprint density at radius 2 is 1.83 bits per heavy atom. The molecule has 0 atom stereocenters. The van der Waals surface area contributed by atoms with Crippen LogP contribution in [0, 0.1) is 20.8 Å². The summed E-state index contributed by atoms with van der Waals surface area (Å²) in [4.78, 5) is 21.4. The fraction of sp³-hybridized carbons (Fsp3) is 0.318. The first kappa shape index (κ1) is 19.0. The smallest absolute Gasteiger partial charge is 0.255 e. The maximum absolute atomic E-state index is 12.9. The third-order valence-corrected chi connectivity index (χ3v) is 5.38. The van der Waals surface area contributed by atoms with E-state index in [2.05, 4.69) is 52.4 Å². The Morgan fingerprint density at radius 3 is 2.48 bits per heavy atom. The Kier molecular flexibility index (Phi) is 5.20. The predicted octanol–water partition coefficient (Wildman–Crippen LogP) is 3.70. The molecular formula is C22H25N5O2. The van der Waals surface area contributed by atoms with Crippen molar-refractivity contribution < 1.29 is 9.32 Å². The van der Waals surface area contributed by atoms with Crippen LogP contribution in [-0.4, -0.2) is 47.1 Å². The van der Waals surface area contributed by atoms with Gasteiger partial charge in [0, 0.05) is 44.1 Å². The SMILES string of the molecule is Cc1cc(Nc2ccc(C(=O)N3CCN(c4cccc(C)c4C)CC3)cn2)no1. The largest absolute Gasteiger partial charge is 0.368 e. The van der Waals surface area contributed by atoms with E-state index in [1.54, 1.807) is 24.4 Å². The number of pyridine rings is 1. The fourth-order valence-corrected chi connectivity index (χ4v) is 3.56. The monoisotopic (exact) mass is 391 g/mol. The normalized spacial score (nSPS) is 14.2.